The Kier molecular flexibility index (Phi) is 7.86. The normalized spacial score (nSPS) is 16.0. The van der Waals surface area contributed by atoms with Crippen LogP contribution < -0.4 is 4.74 Å². The number of halogens is 2. The van der Waals surface area contributed by atoms with Crippen molar-refractivity contribution in [2.24, 2.45) is 0 Å². The van der Waals surface area contributed by atoms with E-state index in [4.69, 9.17) is 4.74 Å². The Hall–Kier alpha value is -2.78. The fourth-order valence-electron chi connectivity index (χ4n) is 3.71. The molecule has 3 rings (SSSR count). The number of benzene rings is 2. The van der Waals surface area contributed by atoms with Gasteiger partial charge in [0, 0.05) is 26.2 Å². The summed E-state index contributed by atoms with van der Waals surface area (Å²) in [7, 11) is -0.757. The Morgan fingerprint density at radius 2 is 1.79 bits per heavy atom. The molecule has 1 heterocycles. The molecule has 1 amide bonds. The van der Waals surface area contributed by atoms with Crippen molar-refractivity contribution >= 4 is 22.0 Å². The van der Waals surface area contributed by atoms with Crippen LogP contribution in [0.25, 0.3) is 6.08 Å². The average molecular weight is 479 g/mol. The molecule has 178 valence electrons. The van der Waals surface area contributed by atoms with Crippen molar-refractivity contribution in [2.75, 3.05) is 27.2 Å². The summed E-state index contributed by atoms with van der Waals surface area (Å²) in [5.41, 5.74) is 0.978. The van der Waals surface area contributed by atoms with Gasteiger partial charge in [0.2, 0.25) is 15.9 Å². The Morgan fingerprint density at radius 3 is 2.42 bits per heavy atom. The molecule has 0 aliphatic carbocycles. The summed E-state index contributed by atoms with van der Waals surface area (Å²) in [6.07, 6.45) is 5.47. The summed E-state index contributed by atoms with van der Waals surface area (Å²) in [5, 5.41) is 0. The molecule has 0 radical (unpaired) electrons. The van der Waals surface area contributed by atoms with E-state index >= 15 is 0 Å². The number of rotatable bonds is 7. The van der Waals surface area contributed by atoms with Gasteiger partial charge in [0.25, 0.3) is 0 Å². The third-order valence-electron chi connectivity index (χ3n) is 5.89. The number of amides is 1. The van der Waals surface area contributed by atoms with Crippen LogP contribution in [0.3, 0.4) is 0 Å². The molecule has 1 aliphatic heterocycles. The van der Waals surface area contributed by atoms with Crippen molar-refractivity contribution < 1.29 is 26.7 Å². The van der Waals surface area contributed by atoms with Gasteiger partial charge < -0.3 is 9.64 Å². The quantitative estimate of drug-likeness (QED) is 0.554. The molecular weight excluding hydrogens is 450 g/mol. The van der Waals surface area contributed by atoms with Crippen LogP contribution in [0.5, 0.6) is 5.75 Å². The first kappa shape index (κ1) is 24.9. The number of ether oxygens (including phenoxy) is 1. The third-order valence-corrected chi connectivity index (χ3v) is 7.81. The zero-order valence-corrected chi connectivity index (χ0v) is 19.7. The lowest BCUT2D eigenvalue weighted by atomic mass is 10.1. The highest BCUT2D eigenvalue weighted by Gasteiger charge is 2.29. The van der Waals surface area contributed by atoms with Crippen molar-refractivity contribution in [1.82, 2.24) is 9.21 Å². The highest BCUT2D eigenvalue weighted by Crippen LogP contribution is 2.30. The highest BCUT2D eigenvalue weighted by atomic mass is 32.2. The van der Waals surface area contributed by atoms with E-state index in [1.165, 1.54) is 40.6 Å². The summed E-state index contributed by atoms with van der Waals surface area (Å²) >= 11 is 0. The fraction of sp³-hybridized carbons (Fsp3) is 0.375. The van der Waals surface area contributed by atoms with E-state index in [1.54, 1.807) is 26.1 Å². The van der Waals surface area contributed by atoms with Gasteiger partial charge in [-0.3, -0.25) is 4.79 Å². The molecule has 6 nitrogen and oxygen atoms in total. The summed E-state index contributed by atoms with van der Waals surface area (Å²) in [5.74, 6) is -2.05. The van der Waals surface area contributed by atoms with Crippen LogP contribution in [0.2, 0.25) is 0 Å². The molecule has 1 saturated heterocycles. The van der Waals surface area contributed by atoms with E-state index in [1.807, 2.05) is 0 Å². The molecule has 0 saturated carbocycles. The minimum Gasteiger partial charge on any atom is -0.495 e. The van der Waals surface area contributed by atoms with Crippen molar-refractivity contribution in [3.8, 4) is 5.75 Å². The van der Waals surface area contributed by atoms with Crippen LogP contribution in [0.15, 0.2) is 47.4 Å². The lowest BCUT2D eigenvalue weighted by Crippen LogP contribution is -2.35. The lowest BCUT2D eigenvalue weighted by Gasteiger charge is -2.26. The molecule has 1 aliphatic rings. The topological polar surface area (TPSA) is 66.9 Å². The number of hydrogen-bond donors (Lipinski definition) is 0. The highest BCUT2D eigenvalue weighted by molar-refractivity contribution is 7.89. The number of carbonyl (C=O) groups excluding carboxylic acids is 1. The second-order valence-corrected chi connectivity index (χ2v) is 9.91. The smallest absolute Gasteiger partial charge is 0.246 e. The van der Waals surface area contributed by atoms with Crippen LogP contribution in [0.4, 0.5) is 8.78 Å². The SMILES string of the molecule is COc1ccc(/C=C/C(=O)N(C)C(C)c2ccc(F)c(F)c2)cc1S(=O)(=O)N1CCCCC1. The molecule has 33 heavy (non-hydrogen) atoms. The molecule has 1 fully saturated rings. The monoisotopic (exact) mass is 478 g/mol. The van der Waals surface area contributed by atoms with Gasteiger partial charge in [-0.2, -0.15) is 4.31 Å². The van der Waals surface area contributed by atoms with E-state index in [-0.39, 0.29) is 16.6 Å². The van der Waals surface area contributed by atoms with Gasteiger partial charge in [0.1, 0.15) is 10.6 Å². The predicted octanol–water partition coefficient (Wildman–Crippen LogP) is 4.38. The first-order valence-electron chi connectivity index (χ1n) is 10.7. The van der Waals surface area contributed by atoms with Gasteiger partial charge in [-0.25, -0.2) is 17.2 Å². The molecule has 1 atom stereocenters. The number of nitrogens with zero attached hydrogens (tertiary/aromatic N) is 2. The van der Waals surface area contributed by atoms with Crippen LogP contribution in [0.1, 0.15) is 43.4 Å². The van der Waals surface area contributed by atoms with E-state index in [0.717, 1.165) is 31.4 Å². The average Bonchev–Trinajstić information content (AvgIpc) is 2.83. The summed E-state index contributed by atoms with van der Waals surface area (Å²) in [6.45, 7) is 2.64. The lowest BCUT2D eigenvalue weighted by molar-refractivity contribution is -0.126. The van der Waals surface area contributed by atoms with Gasteiger partial charge in [-0.05, 0) is 61.2 Å². The second kappa shape index (κ2) is 10.4. The first-order valence-corrected chi connectivity index (χ1v) is 12.2. The number of hydrogen-bond acceptors (Lipinski definition) is 4. The summed E-state index contributed by atoms with van der Waals surface area (Å²) in [4.78, 5) is 14.1. The Bertz CT molecular complexity index is 1150. The summed E-state index contributed by atoms with van der Waals surface area (Å²) in [6, 6.07) is 7.74. The largest absolute Gasteiger partial charge is 0.495 e. The Balaban J connectivity index is 1.80. The first-order chi connectivity index (χ1) is 15.6. The maximum atomic E-state index is 13.5. The number of carbonyl (C=O) groups is 1. The number of piperidine rings is 1. The van der Waals surface area contributed by atoms with E-state index in [0.29, 0.717) is 24.2 Å². The zero-order chi connectivity index (χ0) is 24.2. The van der Waals surface area contributed by atoms with Crippen molar-refractivity contribution in [3.63, 3.8) is 0 Å². The third kappa shape index (κ3) is 5.59. The summed E-state index contributed by atoms with van der Waals surface area (Å²) < 4.78 is 59.8. The van der Waals surface area contributed by atoms with E-state index in [9.17, 15) is 22.0 Å². The standard InChI is InChI=1S/C24H28F2N2O4S/c1-17(19-9-10-20(25)21(26)16-19)27(2)24(29)12-8-18-7-11-22(32-3)23(15-18)33(30,31)28-13-5-4-6-14-28/h7-12,15-17H,4-6,13-14H2,1-3H3/b12-8+. The molecule has 2 aromatic rings. The number of likely N-dealkylation sites (N-methyl/N-ethyl adjacent to an activating group) is 1. The molecule has 0 spiro atoms. The fourth-order valence-corrected chi connectivity index (χ4v) is 5.42. The second-order valence-electron chi connectivity index (χ2n) is 8.01. The molecule has 0 N–H and O–H groups in total. The van der Waals surface area contributed by atoms with Gasteiger partial charge >= 0.3 is 0 Å². The maximum Gasteiger partial charge on any atom is 0.246 e. The molecule has 0 aromatic heterocycles. The minimum atomic E-state index is -3.73. The predicted molar refractivity (Wildman–Crippen MR) is 122 cm³/mol. The van der Waals surface area contributed by atoms with Crippen molar-refractivity contribution in [1.29, 1.82) is 0 Å². The maximum absolute atomic E-state index is 13.5. The molecular formula is C24H28F2N2O4S. The van der Waals surface area contributed by atoms with Gasteiger partial charge in [0.05, 0.1) is 13.2 Å². The Labute approximate surface area is 193 Å². The number of methoxy groups -OCH3 is 1. The van der Waals surface area contributed by atoms with Crippen LogP contribution in [-0.2, 0) is 14.8 Å². The molecule has 1 unspecified atom stereocenters. The zero-order valence-electron chi connectivity index (χ0n) is 18.9. The molecule has 2 aromatic carbocycles. The molecule has 9 heteroatoms. The number of sulfonamides is 1. The van der Waals surface area contributed by atoms with Gasteiger partial charge in [-0.15, -0.1) is 0 Å². The Morgan fingerprint density at radius 1 is 1.09 bits per heavy atom. The van der Waals surface area contributed by atoms with Crippen molar-refractivity contribution in [3.05, 3.63) is 65.2 Å². The van der Waals surface area contributed by atoms with E-state index < -0.39 is 27.7 Å². The van der Waals surface area contributed by atoms with Gasteiger partial charge in [0.15, 0.2) is 11.6 Å². The minimum absolute atomic E-state index is 0.0602. The van der Waals surface area contributed by atoms with Crippen LogP contribution >= 0.6 is 0 Å². The van der Waals surface area contributed by atoms with Crippen LogP contribution in [-0.4, -0.2) is 50.8 Å². The van der Waals surface area contributed by atoms with Crippen LogP contribution in [0, 0.1) is 11.6 Å². The van der Waals surface area contributed by atoms with E-state index in [2.05, 4.69) is 0 Å². The molecule has 0 bridgehead atoms. The van der Waals surface area contributed by atoms with Crippen molar-refractivity contribution in [2.45, 2.75) is 37.1 Å². The van der Waals surface area contributed by atoms with Gasteiger partial charge in [-0.1, -0.05) is 18.6 Å².